The molecule has 0 amide bonds. The van der Waals surface area contributed by atoms with Crippen LogP contribution < -0.4 is 0 Å². The number of nitrogens with zero attached hydrogens (tertiary/aromatic N) is 2. The fourth-order valence-electron chi connectivity index (χ4n) is 1.73. The predicted octanol–water partition coefficient (Wildman–Crippen LogP) is 2.13. The Bertz CT molecular complexity index is 233. The van der Waals surface area contributed by atoms with Crippen molar-refractivity contribution < 1.29 is 0 Å². The van der Waals surface area contributed by atoms with E-state index in [1.807, 2.05) is 6.20 Å². The topological polar surface area (TPSA) is 16.1 Å². The second-order valence-electron chi connectivity index (χ2n) is 3.39. The minimum Gasteiger partial charge on any atom is -0.294 e. The summed E-state index contributed by atoms with van der Waals surface area (Å²) in [6.45, 7) is 4.61. The van der Waals surface area contributed by atoms with Crippen LogP contribution in [0, 0.1) is 0 Å². The average Bonchev–Trinajstić information content (AvgIpc) is 2.65. The fraction of sp³-hybridized carbons (Fsp3) is 0.667. The Hall–Kier alpha value is -0.410. The van der Waals surface area contributed by atoms with Gasteiger partial charge in [0.25, 0.3) is 0 Å². The molecule has 0 aromatic carbocycles. The van der Waals surface area contributed by atoms with Crippen LogP contribution in [0.5, 0.6) is 0 Å². The molecule has 1 unspecified atom stereocenters. The van der Waals surface area contributed by atoms with Crippen molar-refractivity contribution in [3.05, 3.63) is 16.6 Å². The highest BCUT2D eigenvalue weighted by atomic mass is 32.1. The Balaban J connectivity index is 1.95. The summed E-state index contributed by atoms with van der Waals surface area (Å²) in [6.07, 6.45) is 4.60. The Morgan fingerprint density at radius 2 is 2.67 bits per heavy atom. The van der Waals surface area contributed by atoms with Gasteiger partial charge in [0.15, 0.2) is 0 Å². The minimum atomic E-state index is 0.758. The zero-order chi connectivity index (χ0) is 8.39. The first-order chi connectivity index (χ1) is 5.86. The van der Waals surface area contributed by atoms with E-state index in [2.05, 4.69) is 22.2 Å². The van der Waals surface area contributed by atoms with E-state index in [0.717, 1.165) is 12.6 Å². The highest BCUT2D eigenvalue weighted by molar-refractivity contribution is 7.09. The van der Waals surface area contributed by atoms with E-state index in [9.17, 15) is 0 Å². The molecule has 0 N–H and O–H groups in total. The van der Waals surface area contributed by atoms with Gasteiger partial charge in [-0.25, -0.2) is 4.98 Å². The molecule has 12 heavy (non-hydrogen) atoms. The van der Waals surface area contributed by atoms with Crippen LogP contribution in [0.3, 0.4) is 0 Å². The molecular weight excluding hydrogens is 168 g/mol. The van der Waals surface area contributed by atoms with Crippen LogP contribution in [0.4, 0.5) is 0 Å². The number of likely N-dealkylation sites (tertiary alicyclic amines) is 1. The largest absolute Gasteiger partial charge is 0.294 e. The molecule has 0 radical (unpaired) electrons. The molecule has 2 nitrogen and oxygen atoms in total. The van der Waals surface area contributed by atoms with Gasteiger partial charge in [-0.2, -0.15) is 0 Å². The standard InChI is InChI=1S/C9H14N2S/c1-8-3-2-5-11(8)7-9-10-4-6-12-9/h4,6,8H,2-3,5,7H2,1H3. The molecule has 2 heterocycles. The van der Waals surface area contributed by atoms with Gasteiger partial charge in [0.2, 0.25) is 0 Å². The van der Waals surface area contributed by atoms with E-state index in [0.29, 0.717) is 0 Å². The van der Waals surface area contributed by atoms with E-state index < -0.39 is 0 Å². The summed E-state index contributed by atoms with van der Waals surface area (Å²) in [7, 11) is 0. The van der Waals surface area contributed by atoms with E-state index in [4.69, 9.17) is 0 Å². The Labute approximate surface area is 77.2 Å². The van der Waals surface area contributed by atoms with Crippen LogP contribution in [0.25, 0.3) is 0 Å². The first kappa shape index (κ1) is 8.20. The van der Waals surface area contributed by atoms with Crippen LogP contribution in [-0.4, -0.2) is 22.5 Å². The Morgan fingerprint density at radius 1 is 1.75 bits per heavy atom. The number of thiazole rings is 1. The maximum atomic E-state index is 4.29. The average molecular weight is 182 g/mol. The molecule has 0 bridgehead atoms. The smallest absolute Gasteiger partial charge is 0.107 e. The monoisotopic (exact) mass is 182 g/mol. The van der Waals surface area contributed by atoms with Gasteiger partial charge in [-0.1, -0.05) is 0 Å². The summed E-state index contributed by atoms with van der Waals surface area (Å²) in [5, 5.41) is 3.31. The normalized spacial score (nSPS) is 24.9. The van der Waals surface area contributed by atoms with Gasteiger partial charge in [0.05, 0.1) is 6.54 Å². The van der Waals surface area contributed by atoms with Gasteiger partial charge in [0, 0.05) is 17.6 Å². The van der Waals surface area contributed by atoms with Crippen LogP contribution in [-0.2, 0) is 6.54 Å². The number of rotatable bonds is 2. The Kier molecular flexibility index (Phi) is 2.42. The molecule has 1 fully saturated rings. The lowest BCUT2D eigenvalue weighted by atomic mass is 10.2. The predicted molar refractivity (Wildman–Crippen MR) is 51.2 cm³/mol. The molecule has 1 saturated heterocycles. The van der Waals surface area contributed by atoms with E-state index >= 15 is 0 Å². The van der Waals surface area contributed by atoms with Gasteiger partial charge in [-0.05, 0) is 26.3 Å². The first-order valence-corrected chi connectivity index (χ1v) is 5.36. The molecule has 0 saturated carbocycles. The van der Waals surface area contributed by atoms with Gasteiger partial charge >= 0.3 is 0 Å². The van der Waals surface area contributed by atoms with Crippen molar-refractivity contribution in [2.24, 2.45) is 0 Å². The van der Waals surface area contributed by atoms with Crippen molar-refractivity contribution in [3.63, 3.8) is 0 Å². The molecule has 1 aromatic rings. The van der Waals surface area contributed by atoms with Crippen LogP contribution >= 0.6 is 11.3 Å². The Morgan fingerprint density at radius 3 is 3.25 bits per heavy atom. The van der Waals surface area contributed by atoms with Crippen LogP contribution in [0.1, 0.15) is 24.8 Å². The van der Waals surface area contributed by atoms with Gasteiger partial charge in [-0.15, -0.1) is 11.3 Å². The van der Waals surface area contributed by atoms with Crippen molar-refractivity contribution in [3.8, 4) is 0 Å². The summed E-state index contributed by atoms with van der Waals surface area (Å²) in [5.41, 5.74) is 0. The molecule has 0 spiro atoms. The van der Waals surface area contributed by atoms with Crippen molar-refractivity contribution in [1.82, 2.24) is 9.88 Å². The van der Waals surface area contributed by atoms with Crippen molar-refractivity contribution in [2.75, 3.05) is 6.54 Å². The van der Waals surface area contributed by atoms with Crippen LogP contribution in [0.15, 0.2) is 11.6 Å². The number of hydrogen-bond acceptors (Lipinski definition) is 3. The second kappa shape index (κ2) is 3.54. The highest BCUT2D eigenvalue weighted by Gasteiger charge is 2.20. The molecule has 0 aliphatic carbocycles. The minimum absolute atomic E-state index is 0.758. The second-order valence-corrected chi connectivity index (χ2v) is 4.37. The third-order valence-electron chi connectivity index (χ3n) is 2.51. The molecule has 1 aliphatic heterocycles. The van der Waals surface area contributed by atoms with E-state index in [-0.39, 0.29) is 0 Å². The molecule has 66 valence electrons. The van der Waals surface area contributed by atoms with Gasteiger partial charge < -0.3 is 0 Å². The van der Waals surface area contributed by atoms with Gasteiger partial charge in [-0.3, -0.25) is 4.90 Å². The van der Waals surface area contributed by atoms with Crippen molar-refractivity contribution >= 4 is 11.3 Å². The van der Waals surface area contributed by atoms with Crippen molar-refractivity contribution in [1.29, 1.82) is 0 Å². The van der Waals surface area contributed by atoms with E-state index in [1.165, 1.54) is 24.4 Å². The summed E-state index contributed by atoms with van der Waals surface area (Å²) in [5.74, 6) is 0. The lowest BCUT2D eigenvalue weighted by Crippen LogP contribution is -2.25. The molecule has 1 aliphatic rings. The maximum absolute atomic E-state index is 4.29. The number of hydrogen-bond donors (Lipinski definition) is 0. The summed E-state index contributed by atoms with van der Waals surface area (Å²) in [6, 6.07) is 0.758. The fourth-order valence-corrected chi connectivity index (χ4v) is 2.37. The zero-order valence-electron chi connectivity index (χ0n) is 7.36. The molecule has 1 atom stereocenters. The third-order valence-corrected chi connectivity index (χ3v) is 3.28. The SMILES string of the molecule is CC1CCCN1Cc1nccs1. The summed E-state index contributed by atoms with van der Waals surface area (Å²) < 4.78 is 0. The van der Waals surface area contributed by atoms with Crippen molar-refractivity contribution in [2.45, 2.75) is 32.4 Å². The molecule has 2 rings (SSSR count). The lowest BCUT2D eigenvalue weighted by Gasteiger charge is -2.18. The zero-order valence-corrected chi connectivity index (χ0v) is 8.18. The summed E-state index contributed by atoms with van der Waals surface area (Å²) >= 11 is 1.76. The molecule has 1 aromatic heterocycles. The quantitative estimate of drug-likeness (QED) is 0.696. The highest BCUT2D eigenvalue weighted by Crippen LogP contribution is 2.19. The van der Waals surface area contributed by atoms with E-state index in [1.54, 1.807) is 11.3 Å². The van der Waals surface area contributed by atoms with Gasteiger partial charge in [0.1, 0.15) is 5.01 Å². The summed E-state index contributed by atoms with van der Waals surface area (Å²) in [4.78, 5) is 6.80. The van der Waals surface area contributed by atoms with Crippen LogP contribution in [0.2, 0.25) is 0 Å². The number of aromatic nitrogens is 1. The first-order valence-electron chi connectivity index (χ1n) is 4.48. The molecular formula is C9H14N2S. The maximum Gasteiger partial charge on any atom is 0.107 e. The molecule has 3 heteroatoms. The lowest BCUT2D eigenvalue weighted by molar-refractivity contribution is 0.260. The third kappa shape index (κ3) is 1.67.